The number of fused-ring (bicyclic) bond motifs is 1. The minimum atomic E-state index is -0.443. The summed E-state index contributed by atoms with van der Waals surface area (Å²) in [7, 11) is 0. The summed E-state index contributed by atoms with van der Waals surface area (Å²) in [5.41, 5.74) is 2.70. The lowest BCUT2D eigenvalue weighted by Gasteiger charge is -2.36. The van der Waals surface area contributed by atoms with Crippen LogP contribution in [-0.4, -0.2) is 54.6 Å². The number of morpholine rings is 1. The molecule has 0 unspecified atom stereocenters. The second-order valence-electron chi connectivity index (χ2n) is 7.04. The molecule has 0 bridgehead atoms. The summed E-state index contributed by atoms with van der Waals surface area (Å²) in [4.78, 5) is 2.28. The van der Waals surface area contributed by atoms with Gasteiger partial charge in [-0.3, -0.25) is 4.90 Å². The number of aryl methyl sites for hydroxylation is 1. The Hall–Kier alpha value is -0.940. The molecule has 0 spiro atoms. The normalized spacial score (nSPS) is 30.0. The van der Waals surface area contributed by atoms with Gasteiger partial charge in [-0.25, -0.2) is 0 Å². The van der Waals surface area contributed by atoms with Crippen LogP contribution >= 0.6 is 0 Å². The van der Waals surface area contributed by atoms with Crippen molar-refractivity contribution in [1.29, 1.82) is 0 Å². The van der Waals surface area contributed by atoms with Crippen LogP contribution in [0.4, 0.5) is 0 Å². The van der Waals surface area contributed by atoms with Crippen molar-refractivity contribution in [2.24, 2.45) is 0 Å². The number of rotatable bonds is 5. The molecule has 4 atom stereocenters. The molecule has 1 aromatic carbocycles. The maximum absolute atomic E-state index is 10.3. The van der Waals surface area contributed by atoms with E-state index in [9.17, 15) is 5.11 Å². The van der Waals surface area contributed by atoms with Crippen LogP contribution < -0.4 is 0 Å². The first kappa shape index (κ1) is 16.9. The molecule has 1 aliphatic heterocycles. The van der Waals surface area contributed by atoms with Gasteiger partial charge in [-0.2, -0.15) is 0 Å². The molecule has 0 radical (unpaired) electrons. The van der Waals surface area contributed by atoms with Gasteiger partial charge in [0.2, 0.25) is 0 Å². The Kier molecular flexibility index (Phi) is 5.70. The van der Waals surface area contributed by atoms with Crippen LogP contribution in [0.15, 0.2) is 24.3 Å². The van der Waals surface area contributed by atoms with Crippen molar-refractivity contribution in [2.75, 3.05) is 26.2 Å². The van der Waals surface area contributed by atoms with Crippen molar-refractivity contribution in [3.05, 3.63) is 35.4 Å². The minimum absolute atomic E-state index is 0.136. The van der Waals surface area contributed by atoms with E-state index in [0.29, 0.717) is 13.2 Å². The Bertz CT molecular complexity index is 497. The van der Waals surface area contributed by atoms with E-state index in [4.69, 9.17) is 9.47 Å². The van der Waals surface area contributed by atoms with Gasteiger partial charge in [0.25, 0.3) is 0 Å². The fourth-order valence-electron chi connectivity index (χ4n) is 3.89. The molecule has 1 aromatic rings. The van der Waals surface area contributed by atoms with Crippen LogP contribution in [0.3, 0.4) is 0 Å². The number of nitrogens with zero attached hydrogens (tertiary/aromatic N) is 1. The van der Waals surface area contributed by atoms with E-state index < -0.39 is 6.10 Å². The van der Waals surface area contributed by atoms with Gasteiger partial charge in [-0.05, 0) is 44.2 Å². The highest BCUT2D eigenvalue weighted by Gasteiger charge is 2.25. The van der Waals surface area contributed by atoms with E-state index >= 15 is 0 Å². The van der Waals surface area contributed by atoms with Crippen LogP contribution in [0.25, 0.3) is 0 Å². The van der Waals surface area contributed by atoms with Crippen LogP contribution in [-0.2, 0) is 15.9 Å². The van der Waals surface area contributed by atoms with Crippen molar-refractivity contribution >= 4 is 0 Å². The van der Waals surface area contributed by atoms with E-state index in [1.165, 1.54) is 11.1 Å². The van der Waals surface area contributed by atoms with Crippen LogP contribution in [0.1, 0.15) is 43.9 Å². The summed E-state index contributed by atoms with van der Waals surface area (Å²) >= 11 is 0. The van der Waals surface area contributed by atoms with Gasteiger partial charge in [0.15, 0.2) is 0 Å². The van der Waals surface area contributed by atoms with Crippen molar-refractivity contribution in [3.63, 3.8) is 0 Å². The largest absolute Gasteiger partial charge is 0.389 e. The van der Waals surface area contributed by atoms with Gasteiger partial charge in [-0.1, -0.05) is 24.3 Å². The average Bonchev–Trinajstić information content (AvgIpc) is 2.52. The number of β-amino-alcohol motifs (C(OH)–C–C–N with tert-alkyl or cyclic N) is 1. The SMILES string of the molecule is C[C@H]1CN(C[C@H](O)CO[C@@H]2CCCc3ccccc32)C[C@H](C)O1. The summed E-state index contributed by atoms with van der Waals surface area (Å²) in [6.07, 6.45) is 3.52. The predicted molar refractivity (Wildman–Crippen MR) is 90.5 cm³/mol. The first-order valence-corrected chi connectivity index (χ1v) is 8.87. The molecule has 0 saturated carbocycles. The summed E-state index contributed by atoms with van der Waals surface area (Å²) in [6, 6.07) is 8.53. The zero-order valence-electron chi connectivity index (χ0n) is 14.3. The zero-order chi connectivity index (χ0) is 16.2. The molecular formula is C19H29NO3. The molecule has 4 nitrogen and oxygen atoms in total. The fraction of sp³-hybridized carbons (Fsp3) is 0.684. The van der Waals surface area contributed by atoms with Crippen LogP contribution in [0.2, 0.25) is 0 Å². The molecule has 23 heavy (non-hydrogen) atoms. The quantitative estimate of drug-likeness (QED) is 0.906. The lowest BCUT2D eigenvalue weighted by atomic mass is 9.89. The van der Waals surface area contributed by atoms with E-state index in [0.717, 1.165) is 32.4 Å². The molecule has 0 amide bonds. The molecule has 1 saturated heterocycles. The molecule has 1 N–H and O–H groups in total. The smallest absolute Gasteiger partial charge is 0.0900 e. The Morgan fingerprint density at radius 2 is 2.00 bits per heavy atom. The molecule has 1 fully saturated rings. The van der Waals surface area contributed by atoms with Gasteiger partial charge >= 0.3 is 0 Å². The number of benzene rings is 1. The second-order valence-corrected chi connectivity index (χ2v) is 7.04. The topological polar surface area (TPSA) is 41.9 Å². The Labute approximate surface area is 139 Å². The number of ether oxygens (including phenoxy) is 2. The Balaban J connectivity index is 1.49. The van der Waals surface area contributed by atoms with Crippen molar-refractivity contribution in [1.82, 2.24) is 4.90 Å². The lowest BCUT2D eigenvalue weighted by Crippen LogP contribution is -2.48. The van der Waals surface area contributed by atoms with Crippen molar-refractivity contribution in [2.45, 2.75) is 57.5 Å². The van der Waals surface area contributed by atoms with Gasteiger partial charge in [-0.15, -0.1) is 0 Å². The Morgan fingerprint density at radius 3 is 2.78 bits per heavy atom. The number of hydrogen-bond donors (Lipinski definition) is 1. The van der Waals surface area contributed by atoms with E-state index in [1.54, 1.807) is 0 Å². The third-order valence-electron chi connectivity index (χ3n) is 4.77. The highest BCUT2D eigenvalue weighted by atomic mass is 16.5. The van der Waals surface area contributed by atoms with Crippen molar-refractivity contribution in [3.8, 4) is 0 Å². The Morgan fingerprint density at radius 1 is 1.26 bits per heavy atom. The average molecular weight is 319 g/mol. The standard InChI is InChI=1S/C19H29NO3/c1-14-10-20(11-15(2)23-14)12-17(21)13-22-19-9-5-7-16-6-3-4-8-18(16)19/h3-4,6,8,14-15,17,19,21H,5,7,9-13H2,1-2H3/t14-,15-,17-,19+/m0/s1. The molecule has 4 heteroatoms. The van der Waals surface area contributed by atoms with E-state index in [1.807, 2.05) is 0 Å². The molecule has 3 rings (SSSR count). The molecule has 1 heterocycles. The number of aliphatic hydroxyl groups is 1. The van der Waals surface area contributed by atoms with Gasteiger partial charge in [0.1, 0.15) is 0 Å². The predicted octanol–water partition coefficient (Wildman–Crippen LogP) is 2.55. The number of hydrogen-bond acceptors (Lipinski definition) is 4. The summed E-state index contributed by atoms with van der Waals surface area (Å²) < 4.78 is 11.8. The summed E-state index contributed by atoms with van der Waals surface area (Å²) in [5, 5.41) is 10.3. The maximum Gasteiger partial charge on any atom is 0.0900 e. The zero-order valence-corrected chi connectivity index (χ0v) is 14.3. The minimum Gasteiger partial charge on any atom is -0.389 e. The second kappa shape index (κ2) is 7.75. The third-order valence-corrected chi connectivity index (χ3v) is 4.77. The highest BCUT2D eigenvalue weighted by Crippen LogP contribution is 2.32. The van der Waals surface area contributed by atoms with Crippen molar-refractivity contribution < 1.29 is 14.6 Å². The first-order valence-electron chi connectivity index (χ1n) is 8.87. The third kappa shape index (κ3) is 4.54. The van der Waals surface area contributed by atoms with E-state index in [2.05, 4.69) is 43.0 Å². The molecule has 2 aliphatic rings. The van der Waals surface area contributed by atoms with Gasteiger partial charge in [0.05, 0.1) is 31.0 Å². The molecule has 1 aliphatic carbocycles. The molecular weight excluding hydrogens is 290 g/mol. The van der Waals surface area contributed by atoms with Crippen LogP contribution in [0, 0.1) is 0 Å². The maximum atomic E-state index is 10.3. The van der Waals surface area contributed by atoms with E-state index in [-0.39, 0.29) is 18.3 Å². The van der Waals surface area contributed by atoms with Gasteiger partial charge in [0, 0.05) is 19.6 Å². The first-order chi connectivity index (χ1) is 11.1. The summed E-state index contributed by atoms with van der Waals surface area (Å²) in [5.74, 6) is 0. The lowest BCUT2D eigenvalue weighted by molar-refractivity contribution is -0.0867. The fourth-order valence-corrected chi connectivity index (χ4v) is 3.89. The molecule has 128 valence electrons. The monoisotopic (exact) mass is 319 g/mol. The number of aliphatic hydroxyl groups excluding tert-OH is 1. The van der Waals surface area contributed by atoms with Crippen LogP contribution in [0.5, 0.6) is 0 Å². The molecule has 0 aromatic heterocycles. The summed E-state index contributed by atoms with van der Waals surface area (Å²) in [6.45, 7) is 7.00. The van der Waals surface area contributed by atoms with Gasteiger partial charge < -0.3 is 14.6 Å². The highest BCUT2D eigenvalue weighted by molar-refractivity contribution is 5.31.